The van der Waals surface area contributed by atoms with Crippen LogP contribution in [-0.2, 0) is 4.74 Å². The van der Waals surface area contributed by atoms with Crippen molar-refractivity contribution in [1.29, 1.82) is 0 Å². The largest absolute Gasteiger partial charge is 0.440 e. The van der Waals surface area contributed by atoms with E-state index in [0.29, 0.717) is 35.8 Å². The molecule has 0 unspecified atom stereocenters. The number of nitrogen functional groups attached to an aromatic ring is 1. The third-order valence-corrected chi connectivity index (χ3v) is 3.06. The summed E-state index contributed by atoms with van der Waals surface area (Å²) in [5.41, 5.74) is 6.78. The lowest BCUT2D eigenvalue weighted by Gasteiger charge is -2.27. The number of nitrogens with zero attached hydrogens (tertiary/aromatic N) is 1. The van der Waals surface area contributed by atoms with Gasteiger partial charge in [-0.15, -0.1) is 0 Å². The van der Waals surface area contributed by atoms with Gasteiger partial charge in [0.15, 0.2) is 11.3 Å². The fraction of sp³-hybridized carbons (Fsp3) is 0.308. The van der Waals surface area contributed by atoms with Gasteiger partial charge in [-0.25, -0.2) is 0 Å². The minimum absolute atomic E-state index is 0.0438. The summed E-state index contributed by atoms with van der Waals surface area (Å²) in [6.45, 7) is 2.77. The highest BCUT2D eigenvalue weighted by Crippen LogP contribution is 2.21. The molecule has 1 aliphatic heterocycles. The number of benzene rings is 1. The van der Waals surface area contributed by atoms with Gasteiger partial charge in [0.25, 0.3) is 0 Å². The summed E-state index contributed by atoms with van der Waals surface area (Å²) in [4.78, 5) is 14.0. The zero-order valence-corrected chi connectivity index (χ0v) is 9.89. The molecule has 1 saturated heterocycles. The van der Waals surface area contributed by atoms with Crippen LogP contribution in [-0.4, -0.2) is 26.3 Å². The van der Waals surface area contributed by atoms with E-state index < -0.39 is 0 Å². The highest BCUT2D eigenvalue weighted by molar-refractivity contribution is 5.80. The third-order valence-electron chi connectivity index (χ3n) is 3.06. The second kappa shape index (κ2) is 4.34. The van der Waals surface area contributed by atoms with E-state index >= 15 is 0 Å². The Labute approximate surface area is 104 Å². The Morgan fingerprint density at radius 2 is 1.94 bits per heavy atom. The molecule has 1 aromatic heterocycles. The lowest BCUT2D eigenvalue weighted by molar-refractivity contribution is 0.121. The second-order valence-corrected chi connectivity index (χ2v) is 4.30. The zero-order chi connectivity index (χ0) is 12.5. The van der Waals surface area contributed by atoms with E-state index in [-0.39, 0.29) is 5.43 Å². The summed E-state index contributed by atoms with van der Waals surface area (Å²) < 4.78 is 11.0. The van der Waals surface area contributed by atoms with E-state index in [0.717, 1.165) is 13.1 Å². The first-order chi connectivity index (χ1) is 8.74. The standard InChI is InChI=1S/C13H14N2O3/c14-9-1-2-10-11(16)8-13(18-12(10)7-9)15-3-5-17-6-4-15/h1-2,7-8H,3-6,14H2. The quantitative estimate of drug-likeness (QED) is 0.766. The van der Waals surface area contributed by atoms with E-state index in [9.17, 15) is 4.79 Å². The molecule has 1 aliphatic rings. The van der Waals surface area contributed by atoms with Gasteiger partial charge in [-0.1, -0.05) is 0 Å². The van der Waals surface area contributed by atoms with Crippen molar-refractivity contribution in [2.75, 3.05) is 36.9 Å². The van der Waals surface area contributed by atoms with Crippen LogP contribution in [0.15, 0.2) is 33.5 Å². The number of hydrogen-bond acceptors (Lipinski definition) is 5. The summed E-state index contributed by atoms with van der Waals surface area (Å²) in [7, 11) is 0. The first kappa shape index (κ1) is 11.1. The molecule has 0 spiro atoms. The molecule has 2 heterocycles. The van der Waals surface area contributed by atoms with Gasteiger partial charge in [0.1, 0.15) is 5.58 Å². The van der Waals surface area contributed by atoms with Gasteiger partial charge in [-0.3, -0.25) is 4.79 Å². The molecule has 18 heavy (non-hydrogen) atoms. The van der Waals surface area contributed by atoms with E-state index in [2.05, 4.69) is 0 Å². The molecule has 1 aromatic carbocycles. The van der Waals surface area contributed by atoms with Gasteiger partial charge >= 0.3 is 0 Å². The van der Waals surface area contributed by atoms with E-state index in [1.807, 2.05) is 4.90 Å². The number of rotatable bonds is 1. The van der Waals surface area contributed by atoms with Crippen molar-refractivity contribution in [3.8, 4) is 0 Å². The molecule has 0 aliphatic carbocycles. The van der Waals surface area contributed by atoms with E-state index in [4.69, 9.17) is 14.9 Å². The monoisotopic (exact) mass is 246 g/mol. The number of anilines is 2. The smallest absolute Gasteiger partial charge is 0.200 e. The summed E-state index contributed by atoms with van der Waals surface area (Å²) >= 11 is 0. The highest BCUT2D eigenvalue weighted by atomic mass is 16.5. The van der Waals surface area contributed by atoms with E-state index in [1.54, 1.807) is 18.2 Å². The van der Waals surface area contributed by atoms with Crippen molar-refractivity contribution in [3.63, 3.8) is 0 Å². The first-order valence-electron chi connectivity index (χ1n) is 5.90. The number of fused-ring (bicyclic) bond motifs is 1. The van der Waals surface area contributed by atoms with E-state index in [1.165, 1.54) is 6.07 Å². The van der Waals surface area contributed by atoms with Crippen molar-refractivity contribution in [2.45, 2.75) is 0 Å². The average Bonchev–Trinajstić information content (AvgIpc) is 2.39. The van der Waals surface area contributed by atoms with Crippen LogP contribution < -0.4 is 16.1 Å². The molecular weight excluding hydrogens is 232 g/mol. The molecule has 0 amide bonds. The van der Waals surface area contributed by atoms with Crippen LogP contribution in [0, 0.1) is 0 Å². The first-order valence-corrected chi connectivity index (χ1v) is 5.90. The highest BCUT2D eigenvalue weighted by Gasteiger charge is 2.15. The Morgan fingerprint density at radius 1 is 1.17 bits per heavy atom. The number of hydrogen-bond donors (Lipinski definition) is 1. The molecule has 5 heteroatoms. The second-order valence-electron chi connectivity index (χ2n) is 4.30. The normalized spacial score (nSPS) is 16.1. The summed E-state index contributed by atoms with van der Waals surface area (Å²) in [5, 5.41) is 0.557. The Morgan fingerprint density at radius 3 is 2.72 bits per heavy atom. The summed E-state index contributed by atoms with van der Waals surface area (Å²) in [6.07, 6.45) is 0. The van der Waals surface area contributed by atoms with Crippen molar-refractivity contribution in [2.24, 2.45) is 0 Å². The maximum absolute atomic E-state index is 12.0. The van der Waals surface area contributed by atoms with Crippen LogP contribution in [0.5, 0.6) is 0 Å². The topological polar surface area (TPSA) is 68.7 Å². The average molecular weight is 246 g/mol. The fourth-order valence-electron chi connectivity index (χ4n) is 2.10. The predicted molar refractivity (Wildman–Crippen MR) is 69.9 cm³/mol. The number of nitrogens with two attached hydrogens (primary N) is 1. The maximum Gasteiger partial charge on any atom is 0.200 e. The molecule has 3 rings (SSSR count). The van der Waals surface area contributed by atoms with Crippen molar-refractivity contribution < 1.29 is 9.15 Å². The maximum atomic E-state index is 12.0. The molecule has 2 N–H and O–H groups in total. The Bertz CT molecular complexity index is 630. The van der Waals surface area contributed by atoms with Crippen LogP contribution in [0.4, 0.5) is 11.6 Å². The van der Waals surface area contributed by atoms with Gasteiger partial charge in [0, 0.05) is 30.9 Å². The fourth-order valence-corrected chi connectivity index (χ4v) is 2.10. The van der Waals surface area contributed by atoms with Crippen LogP contribution in [0.2, 0.25) is 0 Å². The zero-order valence-electron chi connectivity index (χ0n) is 9.89. The molecule has 2 aromatic rings. The number of ether oxygens (including phenoxy) is 1. The predicted octanol–water partition coefficient (Wildman–Crippen LogP) is 1.21. The molecule has 0 bridgehead atoms. The molecule has 5 nitrogen and oxygen atoms in total. The van der Waals surface area contributed by atoms with Gasteiger partial charge in [0.05, 0.1) is 18.6 Å². The lowest BCUT2D eigenvalue weighted by Crippen LogP contribution is -2.36. The molecular formula is C13H14N2O3. The third kappa shape index (κ3) is 1.93. The molecule has 0 radical (unpaired) electrons. The Balaban J connectivity index is 2.10. The number of morpholine rings is 1. The van der Waals surface area contributed by atoms with Crippen LogP contribution in [0.3, 0.4) is 0 Å². The summed E-state index contributed by atoms with van der Waals surface area (Å²) in [6, 6.07) is 6.61. The minimum atomic E-state index is -0.0438. The SMILES string of the molecule is Nc1ccc2c(=O)cc(N3CCOCC3)oc2c1. The molecule has 0 atom stereocenters. The van der Waals surface area contributed by atoms with Crippen molar-refractivity contribution in [1.82, 2.24) is 0 Å². The minimum Gasteiger partial charge on any atom is -0.440 e. The molecule has 0 saturated carbocycles. The van der Waals surface area contributed by atoms with Crippen LogP contribution >= 0.6 is 0 Å². The van der Waals surface area contributed by atoms with Crippen molar-refractivity contribution >= 4 is 22.5 Å². The Kier molecular flexibility index (Phi) is 2.68. The van der Waals surface area contributed by atoms with Crippen LogP contribution in [0.25, 0.3) is 11.0 Å². The van der Waals surface area contributed by atoms with Gasteiger partial charge in [-0.2, -0.15) is 0 Å². The van der Waals surface area contributed by atoms with Gasteiger partial charge < -0.3 is 19.8 Å². The summed E-state index contributed by atoms with van der Waals surface area (Å²) in [5.74, 6) is 0.585. The molecule has 94 valence electrons. The van der Waals surface area contributed by atoms with Crippen molar-refractivity contribution in [3.05, 3.63) is 34.5 Å². The van der Waals surface area contributed by atoms with Gasteiger partial charge in [0.2, 0.25) is 0 Å². The lowest BCUT2D eigenvalue weighted by atomic mass is 10.2. The van der Waals surface area contributed by atoms with Gasteiger partial charge in [-0.05, 0) is 12.1 Å². The Hall–Kier alpha value is -2.01. The molecule has 1 fully saturated rings. The van der Waals surface area contributed by atoms with Crippen LogP contribution in [0.1, 0.15) is 0 Å².